The molecule has 0 aliphatic carbocycles. The van der Waals surface area contributed by atoms with E-state index in [1.54, 1.807) is 4.90 Å². The van der Waals surface area contributed by atoms with Crippen molar-refractivity contribution in [2.24, 2.45) is 0 Å². The predicted octanol–water partition coefficient (Wildman–Crippen LogP) is 0.699. The fraction of sp³-hybridized carbons (Fsp3) is 0.263. The number of aromatic nitrogens is 2. The molecule has 0 spiro atoms. The van der Waals surface area contributed by atoms with Gasteiger partial charge in [0.05, 0.1) is 25.0 Å². The summed E-state index contributed by atoms with van der Waals surface area (Å²) in [6.07, 6.45) is 3.32. The Morgan fingerprint density at radius 3 is 2.85 bits per heavy atom. The molecular weight excluding hydrogens is 332 g/mol. The standard InChI is InChI=1S/C19H20N4O3/c1-2-17(24)20-10-14-6-4-3-5-13(14)9-18(25)23-8-7-15-16(11-23)21-12-22-19(15)26/h2-6,12H,1,7-11H2,(H,20,24)(H,21,22,26). The van der Waals surface area contributed by atoms with Gasteiger partial charge in [0.1, 0.15) is 0 Å². The molecule has 1 aliphatic heterocycles. The van der Waals surface area contributed by atoms with Gasteiger partial charge < -0.3 is 15.2 Å². The van der Waals surface area contributed by atoms with E-state index in [2.05, 4.69) is 21.9 Å². The highest BCUT2D eigenvalue weighted by atomic mass is 16.2. The van der Waals surface area contributed by atoms with Crippen LogP contribution in [-0.2, 0) is 35.5 Å². The first-order valence-electron chi connectivity index (χ1n) is 8.38. The quantitative estimate of drug-likeness (QED) is 0.775. The molecule has 134 valence electrons. The first-order valence-corrected chi connectivity index (χ1v) is 8.38. The zero-order chi connectivity index (χ0) is 18.5. The molecule has 0 radical (unpaired) electrons. The Labute approximate surface area is 150 Å². The van der Waals surface area contributed by atoms with Crippen LogP contribution in [0.2, 0.25) is 0 Å². The molecule has 26 heavy (non-hydrogen) atoms. The van der Waals surface area contributed by atoms with E-state index < -0.39 is 0 Å². The van der Waals surface area contributed by atoms with Gasteiger partial charge in [0.25, 0.3) is 5.56 Å². The summed E-state index contributed by atoms with van der Waals surface area (Å²) in [5.41, 5.74) is 2.93. The molecular formula is C19H20N4O3. The molecule has 2 N–H and O–H groups in total. The number of nitrogens with one attached hydrogen (secondary N) is 2. The van der Waals surface area contributed by atoms with E-state index in [1.807, 2.05) is 24.3 Å². The number of amides is 2. The van der Waals surface area contributed by atoms with Crippen molar-refractivity contribution >= 4 is 11.8 Å². The second kappa shape index (κ2) is 7.77. The lowest BCUT2D eigenvalue weighted by atomic mass is 10.0. The monoisotopic (exact) mass is 352 g/mol. The molecule has 1 aromatic heterocycles. The van der Waals surface area contributed by atoms with E-state index in [1.165, 1.54) is 12.4 Å². The van der Waals surface area contributed by atoms with Gasteiger partial charge in [0.2, 0.25) is 11.8 Å². The number of rotatable bonds is 5. The molecule has 3 rings (SSSR count). The minimum Gasteiger partial charge on any atom is -0.348 e. The van der Waals surface area contributed by atoms with Gasteiger partial charge in [-0.1, -0.05) is 30.8 Å². The molecule has 2 amide bonds. The maximum absolute atomic E-state index is 12.7. The largest absolute Gasteiger partial charge is 0.348 e. The highest BCUT2D eigenvalue weighted by Crippen LogP contribution is 2.16. The number of hydrogen-bond donors (Lipinski definition) is 2. The Balaban J connectivity index is 1.70. The number of fused-ring (bicyclic) bond motifs is 1. The lowest BCUT2D eigenvalue weighted by molar-refractivity contribution is -0.131. The van der Waals surface area contributed by atoms with Gasteiger partial charge in [0, 0.05) is 18.7 Å². The van der Waals surface area contributed by atoms with Gasteiger partial charge >= 0.3 is 0 Å². The van der Waals surface area contributed by atoms with Crippen LogP contribution in [0, 0.1) is 0 Å². The van der Waals surface area contributed by atoms with Gasteiger partial charge in [0.15, 0.2) is 0 Å². The average molecular weight is 352 g/mol. The second-order valence-electron chi connectivity index (χ2n) is 6.09. The maximum atomic E-state index is 12.7. The van der Waals surface area contributed by atoms with E-state index in [-0.39, 0.29) is 23.8 Å². The number of carbonyl (C=O) groups is 2. The Morgan fingerprint density at radius 2 is 2.08 bits per heavy atom. The SMILES string of the molecule is C=CC(=O)NCc1ccccc1CC(=O)N1CCc2c(nc[nH]c2=O)C1. The number of benzene rings is 1. The van der Waals surface area contributed by atoms with Crippen molar-refractivity contribution in [1.82, 2.24) is 20.2 Å². The molecule has 0 fully saturated rings. The molecule has 2 aromatic rings. The fourth-order valence-corrected chi connectivity index (χ4v) is 3.01. The Hall–Kier alpha value is -3.22. The second-order valence-corrected chi connectivity index (χ2v) is 6.09. The minimum atomic E-state index is -0.255. The highest BCUT2D eigenvalue weighted by Gasteiger charge is 2.23. The summed E-state index contributed by atoms with van der Waals surface area (Å²) >= 11 is 0. The van der Waals surface area contributed by atoms with Crippen LogP contribution < -0.4 is 10.9 Å². The smallest absolute Gasteiger partial charge is 0.254 e. The maximum Gasteiger partial charge on any atom is 0.254 e. The summed E-state index contributed by atoms with van der Waals surface area (Å²) in [5.74, 6) is -0.282. The first kappa shape index (κ1) is 17.6. The topological polar surface area (TPSA) is 95.2 Å². The van der Waals surface area contributed by atoms with Crippen LogP contribution in [0.1, 0.15) is 22.4 Å². The number of hydrogen-bond acceptors (Lipinski definition) is 4. The van der Waals surface area contributed by atoms with Crippen LogP contribution >= 0.6 is 0 Å². The van der Waals surface area contributed by atoms with Crippen molar-refractivity contribution in [3.8, 4) is 0 Å². The summed E-state index contributed by atoms with van der Waals surface area (Å²) in [6, 6.07) is 7.51. The van der Waals surface area contributed by atoms with Crippen LogP contribution in [0.25, 0.3) is 0 Å². The van der Waals surface area contributed by atoms with Crippen molar-refractivity contribution in [2.45, 2.75) is 25.9 Å². The summed E-state index contributed by atoms with van der Waals surface area (Å²) in [7, 11) is 0. The Kier molecular flexibility index (Phi) is 5.26. The highest BCUT2D eigenvalue weighted by molar-refractivity contribution is 5.86. The van der Waals surface area contributed by atoms with Crippen molar-refractivity contribution in [3.05, 3.63) is 76.0 Å². The third kappa shape index (κ3) is 3.88. The van der Waals surface area contributed by atoms with Gasteiger partial charge in [-0.15, -0.1) is 0 Å². The molecule has 1 aliphatic rings. The molecule has 0 saturated heterocycles. The lowest BCUT2D eigenvalue weighted by Gasteiger charge is -2.27. The normalized spacial score (nSPS) is 13.0. The van der Waals surface area contributed by atoms with Crippen LogP contribution in [-0.4, -0.2) is 33.2 Å². The van der Waals surface area contributed by atoms with Crippen LogP contribution in [0.3, 0.4) is 0 Å². The summed E-state index contributed by atoms with van der Waals surface area (Å²) in [6.45, 7) is 4.60. The number of nitrogens with zero attached hydrogens (tertiary/aromatic N) is 2. The Morgan fingerprint density at radius 1 is 1.31 bits per heavy atom. The number of carbonyl (C=O) groups excluding carboxylic acids is 2. The summed E-state index contributed by atoms with van der Waals surface area (Å²) in [4.78, 5) is 44.3. The van der Waals surface area contributed by atoms with E-state index in [9.17, 15) is 14.4 Å². The molecule has 0 saturated carbocycles. The molecule has 7 heteroatoms. The van der Waals surface area contributed by atoms with Crippen LogP contribution in [0.5, 0.6) is 0 Å². The Bertz CT molecular complexity index is 904. The lowest BCUT2D eigenvalue weighted by Crippen LogP contribution is -2.39. The molecule has 0 atom stereocenters. The van der Waals surface area contributed by atoms with E-state index >= 15 is 0 Å². The van der Waals surface area contributed by atoms with Gasteiger partial charge in [-0.3, -0.25) is 14.4 Å². The minimum absolute atomic E-state index is 0.0276. The third-order valence-corrected chi connectivity index (χ3v) is 4.46. The van der Waals surface area contributed by atoms with Crippen molar-refractivity contribution in [3.63, 3.8) is 0 Å². The number of H-pyrrole nitrogens is 1. The average Bonchev–Trinajstić information content (AvgIpc) is 2.67. The van der Waals surface area contributed by atoms with Gasteiger partial charge in [-0.05, 0) is 23.6 Å². The van der Waals surface area contributed by atoms with E-state index in [0.717, 1.165) is 11.1 Å². The van der Waals surface area contributed by atoms with Crippen molar-refractivity contribution < 1.29 is 9.59 Å². The molecule has 7 nitrogen and oxygen atoms in total. The van der Waals surface area contributed by atoms with E-state index in [4.69, 9.17) is 0 Å². The van der Waals surface area contributed by atoms with Crippen molar-refractivity contribution in [2.75, 3.05) is 6.54 Å². The van der Waals surface area contributed by atoms with Gasteiger partial charge in [-0.25, -0.2) is 4.98 Å². The predicted molar refractivity (Wildman–Crippen MR) is 96.2 cm³/mol. The van der Waals surface area contributed by atoms with E-state index in [0.29, 0.717) is 37.3 Å². The zero-order valence-corrected chi connectivity index (χ0v) is 14.3. The fourth-order valence-electron chi connectivity index (χ4n) is 3.01. The van der Waals surface area contributed by atoms with Gasteiger partial charge in [-0.2, -0.15) is 0 Å². The molecule has 1 aromatic carbocycles. The van der Waals surface area contributed by atoms with Crippen molar-refractivity contribution in [1.29, 1.82) is 0 Å². The number of aromatic amines is 1. The summed E-state index contributed by atoms with van der Waals surface area (Å²) in [5, 5.41) is 2.73. The summed E-state index contributed by atoms with van der Waals surface area (Å²) < 4.78 is 0. The van der Waals surface area contributed by atoms with Crippen LogP contribution in [0.4, 0.5) is 0 Å². The first-order chi connectivity index (χ1) is 12.6. The zero-order valence-electron chi connectivity index (χ0n) is 14.3. The molecule has 0 unspecified atom stereocenters. The molecule has 2 heterocycles. The molecule has 0 bridgehead atoms. The third-order valence-electron chi connectivity index (χ3n) is 4.46. The van der Waals surface area contributed by atoms with Crippen LogP contribution in [0.15, 0.2) is 48.0 Å².